The first-order valence-electron chi connectivity index (χ1n) is 8.10. The molecular formula is C18H17F2N3O3. The Morgan fingerprint density at radius 1 is 1.23 bits per heavy atom. The van der Waals surface area contributed by atoms with Crippen LogP contribution in [0.15, 0.2) is 24.7 Å². The summed E-state index contributed by atoms with van der Waals surface area (Å²) in [5.41, 5.74) is -0.945. The van der Waals surface area contributed by atoms with Gasteiger partial charge >= 0.3 is 0 Å². The molecular weight excluding hydrogens is 344 g/mol. The summed E-state index contributed by atoms with van der Waals surface area (Å²) in [6.07, 6.45) is 3.78. The number of ether oxygens (including phenoxy) is 1. The van der Waals surface area contributed by atoms with Gasteiger partial charge in [-0.25, -0.2) is 13.8 Å². The molecule has 3 rings (SSSR count). The van der Waals surface area contributed by atoms with E-state index in [-0.39, 0.29) is 29.2 Å². The van der Waals surface area contributed by atoms with E-state index in [0.29, 0.717) is 19.4 Å². The first-order chi connectivity index (χ1) is 12.4. The van der Waals surface area contributed by atoms with Crippen LogP contribution in [0.3, 0.4) is 0 Å². The van der Waals surface area contributed by atoms with Gasteiger partial charge < -0.3 is 9.64 Å². The van der Waals surface area contributed by atoms with Gasteiger partial charge in [0.1, 0.15) is 5.69 Å². The molecule has 1 aromatic heterocycles. The first kappa shape index (κ1) is 18.1. The number of anilines is 1. The predicted molar refractivity (Wildman–Crippen MR) is 89.4 cm³/mol. The fourth-order valence-corrected chi connectivity index (χ4v) is 3.13. The van der Waals surface area contributed by atoms with Gasteiger partial charge in [0.05, 0.1) is 29.7 Å². The molecule has 2 atom stereocenters. The summed E-state index contributed by atoms with van der Waals surface area (Å²) in [7, 11) is 0. The van der Waals surface area contributed by atoms with Gasteiger partial charge in [0.2, 0.25) is 5.78 Å². The highest BCUT2D eigenvalue weighted by Crippen LogP contribution is 2.31. The van der Waals surface area contributed by atoms with Gasteiger partial charge in [-0.05, 0) is 19.9 Å². The van der Waals surface area contributed by atoms with E-state index in [9.17, 15) is 18.4 Å². The van der Waals surface area contributed by atoms with Gasteiger partial charge in [-0.1, -0.05) is 0 Å². The second-order valence-corrected chi connectivity index (χ2v) is 6.19. The van der Waals surface area contributed by atoms with E-state index in [1.807, 2.05) is 13.8 Å². The van der Waals surface area contributed by atoms with Crippen LogP contribution in [-0.2, 0) is 4.74 Å². The minimum Gasteiger partial charge on any atom is -0.372 e. The molecule has 8 heteroatoms. The largest absolute Gasteiger partial charge is 0.372 e. The van der Waals surface area contributed by atoms with Crippen LogP contribution in [0.5, 0.6) is 0 Å². The monoisotopic (exact) mass is 361 g/mol. The average Bonchev–Trinajstić information content (AvgIpc) is 2.63. The summed E-state index contributed by atoms with van der Waals surface area (Å²) >= 11 is 0. The van der Waals surface area contributed by atoms with Crippen molar-refractivity contribution in [1.82, 2.24) is 9.97 Å². The Labute approximate surface area is 148 Å². The highest BCUT2D eigenvalue weighted by Gasteiger charge is 2.30. The molecule has 0 amide bonds. The zero-order valence-corrected chi connectivity index (χ0v) is 14.3. The molecule has 136 valence electrons. The van der Waals surface area contributed by atoms with E-state index in [2.05, 4.69) is 9.97 Å². The Kier molecular flexibility index (Phi) is 5.03. The van der Waals surface area contributed by atoms with Crippen LogP contribution in [0, 0.1) is 11.6 Å². The number of carbonyl (C=O) groups is 2. The van der Waals surface area contributed by atoms with Crippen LogP contribution < -0.4 is 4.90 Å². The number of hydrogen-bond donors (Lipinski definition) is 0. The van der Waals surface area contributed by atoms with Crippen molar-refractivity contribution in [2.75, 3.05) is 18.0 Å². The van der Waals surface area contributed by atoms with Gasteiger partial charge in [-0.2, -0.15) is 0 Å². The van der Waals surface area contributed by atoms with Crippen molar-refractivity contribution < 1.29 is 23.1 Å². The minimum absolute atomic E-state index is 0.0996. The lowest BCUT2D eigenvalue weighted by Crippen LogP contribution is -2.46. The van der Waals surface area contributed by atoms with E-state index >= 15 is 0 Å². The van der Waals surface area contributed by atoms with E-state index in [4.69, 9.17) is 4.74 Å². The molecule has 2 heterocycles. The number of hydrogen-bond acceptors (Lipinski definition) is 6. The molecule has 1 aliphatic heterocycles. The Morgan fingerprint density at radius 2 is 1.92 bits per heavy atom. The van der Waals surface area contributed by atoms with Crippen molar-refractivity contribution in [2.24, 2.45) is 0 Å². The summed E-state index contributed by atoms with van der Waals surface area (Å²) in [5.74, 6) is -3.39. The smallest absolute Gasteiger partial charge is 0.216 e. The Bertz CT molecular complexity index is 835. The minimum atomic E-state index is -1.31. The Morgan fingerprint density at radius 3 is 2.50 bits per heavy atom. The normalized spacial score (nSPS) is 20.1. The van der Waals surface area contributed by atoms with Crippen molar-refractivity contribution >= 4 is 17.8 Å². The van der Waals surface area contributed by atoms with Crippen molar-refractivity contribution in [3.05, 3.63) is 53.1 Å². The third-order valence-corrected chi connectivity index (χ3v) is 4.11. The summed E-state index contributed by atoms with van der Waals surface area (Å²) in [5, 5.41) is 0. The van der Waals surface area contributed by atoms with Crippen LogP contribution in [0.25, 0.3) is 0 Å². The van der Waals surface area contributed by atoms with Gasteiger partial charge in [-0.3, -0.25) is 14.6 Å². The Balaban J connectivity index is 2.07. The average molecular weight is 361 g/mol. The van der Waals surface area contributed by atoms with E-state index in [1.54, 1.807) is 4.90 Å². The maximum atomic E-state index is 14.8. The fourth-order valence-electron chi connectivity index (χ4n) is 3.13. The number of halogens is 2. The van der Waals surface area contributed by atoms with Crippen LogP contribution in [-0.4, -0.2) is 47.3 Å². The number of aromatic nitrogens is 2. The van der Waals surface area contributed by atoms with E-state index in [1.165, 1.54) is 12.4 Å². The topological polar surface area (TPSA) is 72.4 Å². The third-order valence-electron chi connectivity index (χ3n) is 4.11. The van der Waals surface area contributed by atoms with E-state index < -0.39 is 23.0 Å². The van der Waals surface area contributed by atoms with Crippen LogP contribution in [0.4, 0.5) is 14.5 Å². The lowest BCUT2D eigenvalue weighted by atomic mass is 10.0. The van der Waals surface area contributed by atoms with E-state index in [0.717, 1.165) is 12.3 Å². The maximum Gasteiger partial charge on any atom is 0.216 e. The molecule has 1 aromatic carbocycles. The fraction of sp³-hybridized carbons (Fsp3) is 0.333. The lowest BCUT2D eigenvalue weighted by Gasteiger charge is -2.37. The SMILES string of the molecule is C[C@@H]1CN(c2c(C=O)cc(C(=O)c3cnccn3)c(F)c2F)C[C@H](C)O1. The number of aldehydes is 1. The molecule has 1 saturated heterocycles. The maximum absolute atomic E-state index is 14.8. The number of morpholine rings is 1. The summed E-state index contributed by atoms with van der Waals surface area (Å²) in [6.45, 7) is 4.23. The van der Waals surface area contributed by atoms with Crippen molar-refractivity contribution in [3.8, 4) is 0 Å². The molecule has 0 radical (unpaired) electrons. The van der Waals surface area contributed by atoms with Gasteiger partial charge in [0.15, 0.2) is 17.9 Å². The van der Waals surface area contributed by atoms with Crippen LogP contribution in [0.1, 0.15) is 40.3 Å². The molecule has 0 unspecified atom stereocenters. The molecule has 0 N–H and O–H groups in total. The number of nitrogens with zero attached hydrogens (tertiary/aromatic N) is 3. The molecule has 1 aliphatic rings. The van der Waals surface area contributed by atoms with Crippen molar-refractivity contribution in [1.29, 1.82) is 0 Å². The van der Waals surface area contributed by atoms with Crippen molar-refractivity contribution in [3.63, 3.8) is 0 Å². The number of rotatable bonds is 4. The first-order valence-corrected chi connectivity index (χ1v) is 8.10. The Hall–Kier alpha value is -2.74. The van der Waals surface area contributed by atoms with Crippen LogP contribution in [0.2, 0.25) is 0 Å². The molecule has 0 saturated carbocycles. The summed E-state index contributed by atoms with van der Waals surface area (Å²) < 4.78 is 35.1. The van der Waals surface area contributed by atoms with Gasteiger partial charge in [0.25, 0.3) is 0 Å². The molecule has 26 heavy (non-hydrogen) atoms. The standard InChI is InChI=1S/C18H17F2N3O3/c1-10-7-23(8-11(2)26-10)17-12(9-24)5-13(15(19)16(17)20)18(25)14-6-21-3-4-22-14/h3-6,9-11H,7-8H2,1-2H3/t10-,11+. The lowest BCUT2D eigenvalue weighted by molar-refractivity contribution is -0.00547. The number of benzene rings is 1. The second kappa shape index (κ2) is 7.25. The highest BCUT2D eigenvalue weighted by atomic mass is 19.2. The molecule has 6 nitrogen and oxygen atoms in total. The summed E-state index contributed by atoms with van der Waals surface area (Å²) in [6, 6.07) is 1.06. The molecule has 2 aromatic rings. The third kappa shape index (κ3) is 3.32. The van der Waals surface area contributed by atoms with Gasteiger partial charge in [-0.15, -0.1) is 0 Å². The van der Waals surface area contributed by atoms with Gasteiger partial charge in [0, 0.05) is 31.0 Å². The second-order valence-electron chi connectivity index (χ2n) is 6.19. The molecule has 0 aliphatic carbocycles. The zero-order valence-electron chi connectivity index (χ0n) is 14.3. The molecule has 1 fully saturated rings. The highest BCUT2D eigenvalue weighted by molar-refractivity contribution is 6.09. The molecule has 0 bridgehead atoms. The number of ketones is 1. The number of carbonyl (C=O) groups excluding carboxylic acids is 2. The van der Waals surface area contributed by atoms with Crippen molar-refractivity contribution in [2.45, 2.75) is 26.1 Å². The molecule has 0 spiro atoms. The summed E-state index contributed by atoms with van der Waals surface area (Å²) in [4.78, 5) is 33.0. The predicted octanol–water partition coefficient (Wildman–Crippen LogP) is 2.41. The van der Waals surface area contributed by atoms with Crippen LogP contribution >= 0.6 is 0 Å². The quantitative estimate of drug-likeness (QED) is 0.615. The zero-order chi connectivity index (χ0) is 18.8.